The molecule has 2 aliphatic heterocycles. The van der Waals surface area contributed by atoms with Gasteiger partial charge in [-0.05, 0) is 88.4 Å². The Morgan fingerprint density at radius 1 is 0.938 bits per heavy atom. The highest BCUT2D eigenvalue weighted by Crippen LogP contribution is 2.46. The van der Waals surface area contributed by atoms with E-state index >= 15 is 0 Å². The summed E-state index contributed by atoms with van der Waals surface area (Å²) in [5.41, 5.74) is 4.96. The summed E-state index contributed by atoms with van der Waals surface area (Å²) in [4.78, 5) is 17.5. The van der Waals surface area contributed by atoms with Crippen molar-refractivity contribution in [3.63, 3.8) is 0 Å². The first kappa shape index (κ1) is 22.7. The molecule has 5 fully saturated rings. The SMILES string of the molecule is C=C(C1CCC(C2CCC3C(C2)C(C)NN3C)CC1)N1CCN(C(=O)C2(C)CCC2)CC1. The van der Waals surface area contributed by atoms with E-state index in [1.54, 1.807) is 0 Å². The zero-order valence-corrected chi connectivity index (χ0v) is 20.8. The van der Waals surface area contributed by atoms with Crippen molar-refractivity contribution >= 4 is 5.91 Å². The highest BCUT2D eigenvalue weighted by Gasteiger charge is 2.44. The highest BCUT2D eigenvalue weighted by atomic mass is 16.2. The van der Waals surface area contributed by atoms with Crippen LogP contribution in [0.2, 0.25) is 0 Å². The van der Waals surface area contributed by atoms with Gasteiger partial charge in [0.15, 0.2) is 0 Å². The van der Waals surface area contributed by atoms with Crippen LogP contribution in [0, 0.1) is 29.1 Å². The first-order valence-electron chi connectivity index (χ1n) is 13.6. The van der Waals surface area contributed by atoms with Crippen molar-refractivity contribution in [1.29, 1.82) is 0 Å². The number of carbonyl (C=O) groups is 1. The van der Waals surface area contributed by atoms with Crippen LogP contribution in [0.5, 0.6) is 0 Å². The minimum Gasteiger partial charge on any atom is -0.372 e. The Kier molecular flexibility index (Phi) is 6.35. The molecule has 3 saturated carbocycles. The molecule has 2 heterocycles. The van der Waals surface area contributed by atoms with Gasteiger partial charge in [0.2, 0.25) is 5.91 Å². The number of piperazine rings is 1. The van der Waals surface area contributed by atoms with E-state index in [1.807, 2.05) is 0 Å². The zero-order chi connectivity index (χ0) is 22.5. The Morgan fingerprint density at radius 3 is 2.19 bits per heavy atom. The van der Waals surface area contributed by atoms with Gasteiger partial charge in [-0.15, -0.1) is 0 Å². The second-order valence-electron chi connectivity index (χ2n) is 12.1. The summed E-state index contributed by atoms with van der Waals surface area (Å²) in [5.74, 6) is 3.77. The summed E-state index contributed by atoms with van der Waals surface area (Å²) in [6, 6.07) is 1.40. The first-order chi connectivity index (χ1) is 15.4. The molecule has 4 unspecified atom stereocenters. The lowest BCUT2D eigenvalue weighted by molar-refractivity contribution is -0.147. The van der Waals surface area contributed by atoms with Crippen LogP contribution in [0.25, 0.3) is 0 Å². The summed E-state index contributed by atoms with van der Waals surface area (Å²) in [6.45, 7) is 12.8. The average molecular weight is 443 g/mol. The number of carbonyl (C=O) groups excluding carboxylic acids is 1. The predicted octanol–water partition coefficient (Wildman–Crippen LogP) is 4.26. The molecule has 2 saturated heterocycles. The number of allylic oxidation sites excluding steroid dienone is 1. The third kappa shape index (κ3) is 4.13. The molecule has 0 aromatic carbocycles. The van der Waals surface area contributed by atoms with Crippen LogP contribution >= 0.6 is 0 Å². The van der Waals surface area contributed by atoms with E-state index in [0.29, 0.717) is 17.9 Å². The number of amides is 1. The van der Waals surface area contributed by atoms with Crippen LogP contribution < -0.4 is 5.43 Å². The van der Waals surface area contributed by atoms with Gasteiger partial charge in [-0.3, -0.25) is 10.2 Å². The zero-order valence-electron chi connectivity index (χ0n) is 20.8. The monoisotopic (exact) mass is 442 g/mol. The predicted molar refractivity (Wildman–Crippen MR) is 130 cm³/mol. The smallest absolute Gasteiger partial charge is 0.228 e. The largest absolute Gasteiger partial charge is 0.372 e. The minimum absolute atomic E-state index is 0.0571. The van der Waals surface area contributed by atoms with Gasteiger partial charge >= 0.3 is 0 Å². The molecule has 32 heavy (non-hydrogen) atoms. The van der Waals surface area contributed by atoms with Gasteiger partial charge in [-0.25, -0.2) is 5.01 Å². The second kappa shape index (κ2) is 8.94. The Balaban J connectivity index is 1.07. The number of nitrogens with zero attached hydrogens (tertiary/aromatic N) is 3. The Bertz CT molecular complexity index is 702. The van der Waals surface area contributed by atoms with Gasteiger partial charge < -0.3 is 9.80 Å². The molecular formula is C27H46N4O. The normalized spacial score (nSPS) is 40.0. The number of nitrogens with one attached hydrogen (secondary N) is 1. The van der Waals surface area contributed by atoms with Crippen LogP contribution in [0.1, 0.15) is 78.1 Å². The molecule has 1 amide bonds. The standard InChI is InChI=1S/C27H46N4O/c1-19-24-18-23(10-11-25(24)29(4)28-19)22-8-6-21(7-9-22)20(2)30-14-16-31(17-15-30)26(32)27(3)12-5-13-27/h19,21-25,28H,2,5-18H2,1,3-4H3. The molecule has 1 N–H and O–H groups in total. The van der Waals surface area contributed by atoms with E-state index in [9.17, 15) is 4.79 Å². The van der Waals surface area contributed by atoms with Gasteiger partial charge in [0.05, 0.1) is 0 Å². The number of rotatable bonds is 4. The molecule has 0 aromatic rings. The summed E-state index contributed by atoms with van der Waals surface area (Å²) in [5, 5.41) is 2.40. The van der Waals surface area contributed by atoms with Crippen LogP contribution in [-0.2, 0) is 4.79 Å². The molecule has 5 aliphatic rings. The molecule has 4 atom stereocenters. The van der Waals surface area contributed by atoms with Crippen molar-refractivity contribution in [3.8, 4) is 0 Å². The lowest BCUT2D eigenvalue weighted by Crippen LogP contribution is -2.54. The maximum atomic E-state index is 12.9. The third-order valence-corrected chi connectivity index (χ3v) is 10.3. The molecular weight excluding hydrogens is 396 g/mol. The van der Waals surface area contributed by atoms with E-state index in [-0.39, 0.29) is 5.41 Å². The molecule has 5 nitrogen and oxygen atoms in total. The fourth-order valence-corrected chi connectivity index (χ4v) is 7.86. The van der Waals surface area contributed by atoms with Crippen LogP contribution in [-0.4, -0.2) is 66.0 Å². The number of hydrogen-bond acceptors (Lipinski definition) is 4. The molecule has 0 radical (unpaired) electrons. The average Bonchev–Trinajstić information content (AvgIpc) is 3.09. The van der Waals surface area contributed by atoms with E-state index in [1.165, 1.54) is 57.1 Å². The van der Waals surface area contributed by atoms with E-state index < -0.39 is 0 Å². The van der Waals surface area contributed by atoms with Crippen molar-refractivity contribution in [1.82, 2.24) is 20.2 Å². The summed E-state index contributed by atoms with van der Waals surface area (Å²) in [7, 11) is 2.24. The van der Waals surface area contributed by atoms with E-state index in [0.717, 1.165) is 62.8 Å². The molecule has 5 rings (SSSR count). The fraction of sp³-hybridized carbons (Fsp3) is 0.889. The lowest BCUT2D eigenvalue weighted by Gasteiger charge is -2.46. The van der Waals surface area contributed by atoms with Crippen molar-refractivity contribution < 1.29 is 4.79 Å². The van der Waals surface area contributed by atoms with Crippen molar-refractivity contribution in [2.24, 2.45) is 29.1 Å². The van der Waals surface area contributed by atoms with Gasteiger partial charge in [0.25, 0.3) is 0 Å². The molecule has 0 bridgehead atoms. The minimum atomic E-state index is -0.0571. The van der Waals surface area contributed by atoms with Crippen LogP contribution in [0.3, 0.4) is 0 Å². The second-order valence-corrected chi connectivity index (χ2v) is 12.1. The summed E-state index contributed by atoms with van der Waals surface area (Å²) >= 11 is 0. The lowest BCUT2D eigenvalue weighted by atomic mass is 9.66. The molecule has 3 aliphatic carbocycles. The van der Waals surface area contributed by atoms with Crippen LogP contribution in [0.4, 0.5) is 0 Å². The molecule has 180 valence electrons. The summed E-state index contributed by atoms with van der Waals surface area (Å²) < 4.78 is 0. The van der Waals surface area contributed by atoms with Gasteiger partial charge in [-0.1, -0.05) is 19.9 Å². The molecule has 0 aromatic heterocycles. The molecule has 0 spiro atoms. The van der Waals surface area contributed by atoms with E-state index in [4.69, 9.17) is 0 Å². The van der Waals surface area contributed by atoms with Crippen molar-refractivity contribution in [2.45, 2.75) is 90.1 Å². The Hall–Kier alpha value is -1.07. The molecule has 5 heteroatoms. The van der Waals surface area contributed by atoms with Crippen LogP contribution in [0.15, 0.2) is 12.3 Å². The van der Waals surface area contributed by atoms with Gasteiger partial charge in [0, 0.05) is 56.4 Å². The maximum absolute atomic E-state index is 12.9. The van der Waals surface area contributed by atoms with E-state index in [2.05, 4.69) is 47.7 Å². The van der Waals surface area contributed by atoms with Crippen molar-refractivity contribution in [3.05, 3.63) is 12.3 Å². The van der Waals surface area contributed by atoms with Gasteiger partial charge in [0.1, 0.15) is 0 Å². The quantitative estimate of drug-likeness (QED) is 0.706. The number of hydrogen-bond donors (Lipinski definition) is 1. The van der Waals surface area contributed by atoms with Gasteiger partial charge in [-0.2, -0.15) is 0 Å². The summed E-state index contributed by atoms with van der Waals surface area (Å²) in [6.07, 6.45) is 13.0. The highest BCUT2D eigenvalue weighted by molar-refractivity contribution is 5.83. The Labute approximate surface area is 195 Å². The topological polar surface area (TPSA) is 38.8 Å². The third-order valence-electron chi connectivity index (χ3n) is 10.3. The maximum Gasteiger partial charge on any atom is 0.228 e. The Morgan fingerprint density at radius 2 is 1.56 bits per heavy atom. The fourth-order valence-electron chi connectivity index (χ4n) is 7.86. The number of hydrazine groups is 1. The van der Waals surface area contributed by atoms with Crippen molar-refractivity contribution in [2.75, 3.05) is 33.2 Å². The number of fused-ring (bicyclic) bond motifs is 1. The first-order valence-corrected chi connectivity index (χ1v) is 13.6.